The number of halogens is 10. The number of amides is 1. The van der Waals surface area contributed by atoms with Crippen LogP contribution < -0.4 is 4.90 Å². The van der Waals surface area contributed by atoms with E-state index in [1.165, 1.54) is 32.3 Å². The van der Waals surface area contributed by atoms with Crippen molar-refractivity contribution in [2.24, 2.45) is 7.05 Å². The molecule has 1 N–H and O–H groups in total. The van der Waals surface area contributed by atoms with Gasteiger partial charge in [-0.3, -0.25) is 0 Å². The van der Waals surface area contributed by atoms with Crippen LogP contribution >= 0.6 is 11.6 Å². The van der Waals surface area contributed by atoms with Gasteiger partial charge < -0.3 is 14.9 Å². The van der Waals surface area contributed by atoms with Gasteiger partial charge in [-0.05, 0) is 69.9 Å². The first kappa shape index (κ1) is 34.3. The molecule has 1 aromatic heterocycles. The molecule has 46 heavy (non-hydrogen) atoms. The molecular weight excluding hydrogens is 659 g/mol. The Morgan fingerprint density at radius 3 is 1.91 bits per heavy atom. The Hall–Kier alpha value is -4.54. The molecule has 0 atom stereocenters. The molecule has 0 bridgehead atoms. The number of hydrogen-bond acceptors (Lipinski definition) is 5. The number of rotatable bonds is 8. The first-order chi connectivity index (χ1) is 21.2. The van der Waals surface area contributed by atoms with Crippen molar-refractivity contribution in [1.82, 2.24) is 25.1 Å². The van der Waals surface area contributed by atoms with Crippen molar-refractivity contribution in [3.05, 3.63) is 93.0 Å². The molecule has 4 rings (SSSR count). The van der Waals surface area contributed by atoms with Crippen molar-refractivity contribution >= 4 is 23.6 Å². The van der Waals surface area contributed by atoms with E-state index in [0.717, 1.165) is 32.8 Å². The Bertz CT molecular complexity index is 1710. The molecular formula is C28H22ClF9N6O2. The Kier molecular flexibility index (Phi) is 9.47. The lowest BCUT2D eigenvalue weighted by Crippen LogP contribution is -2.25. The molecule has 8 nitrogen and oxygen atoms in total. The summed E-state index contributed by atoms with van der Waals surface area (Å²) in [5.41, 5.74) is -4.13. The number of anilines is 1. The molecule has 0 spiro atoms. The van der Waals surface area contributed by atoms with Crippen LogP contribution in [0.1, 0.15) is 33.4 Å². The fraction of sp³-hybridized carbons (Fsp3) is 0.286. The third-order valence-corrected chi connectivity index (χ3v) is 6.99. The van der Waals surface area contributed by atoms with Gasteiger partial charge in [-0.2, -0.15) is 44.3 Å². The Morgan fingerprint density at radius 2 is 1.39 bits per heavy atom. The summed E-state index contributed by atoms with van der Waals surface area (Å²) in [5, 5.41) is 20.7. The van der Waals surface area contributed by atoms with Crippen molar-refractivity contribution < 1.29 is 49.4 Å². The van der Waals surface area contributed by atoms with Gasteiger partial charge in [0.05, 0.1) is 23.7 Å². The van der Waals surface area contributed by atoms with Gasteiger partial charge in [0, 0.05) is 37.3 Å². The molecule has 4 aromatic rings. The van der Waals surface area contributed by atoms with Crippen molar-refractivity contribution in [2.45, 2.75) is 38.2 Å². The van der Waals surface area contributed by atoms with E-state index in [0.29, 0.717) is 17.7 Å². The van der Waals surface area contributed by atoms with E-state index in [9.17, 15) is 49.4 Å². The average molecular weight is 681 g/mol. The minimum atomic E-state index is -5.14. The van der Waals surface area contributed by atoms with Crippen LogP contribution in [0.3, 0.4) is 0 Å². The average Bonchev–Trinajstić information content (AvgIpc) is 3.38. The fourth-order valence-corrected chi connectivity index (χ4v) is 4.74. The van der Waals surface area contributed by atoms with E-state index < -0.39 is 60.0 Å². The number of tetrazole rings is 1. The lowest BCUT2D eigenvalue weighted by molar-refractivity contribution is -0.143. The van der Waals surface area contributed by atoms with Gasteiger partial charge in [0.25, 0.3) is 5.95 Å². The molecule has 0 saturated carbocycles. The number of nitrogens with zero attached hydrogens (tertiary/aromatic N) is 6. The predicted molar refractivity (Wildman–Crippen MR) is 147 cm³/mol. The van der Waals surface area contributed by atoms with Crippen molar-refractivity contribution in [3.63, 3.8) is 0 Å². The number of alkyl halides is 9. The molecule has 1 amide bonds. The summed E-state index contributed by atoms with van der Waals surface area (Å²) in [5.74, 6) is -0.306. The SMILES string of the molecule is CN(Cc1ccc(Cl)c(-c2ccc(C(F)(F)F)cc2CN(Cc2cc(C(F)(F)F)cc(C(F)(F)F)c2)c2nnn(C)n2)c1)C(=O)O. The molecule has 0 saturated heterocycles. The van der Waals surface area contributed by atoms with Crippen LogP contribution in [-0.4, -0.2) is 43.4 Å². The number of carboxylic acid groups (broad SMARTS) is 1. The molecule has 18 heteroatoms. The van der Waals surface area contributed by atoms with Crippen LogP contribution in [0.5, 0.6) is 0 Å². The van der Waals surface area contributed by atoms with Crippen LogP contribution in [0.4, 0.5) is 50.3 Å². The van der Waals surface area contributed by atoms with Crippen LogP contribution in [0.15, 0.2) is 54.6 Å². The zero-order valence-electron chi connectivity index (χ0n) is 23.6. The summed E-state index contributed by atoms with van der Waals surface area (Å²) in [6, 6.07) is 7.96. The highest BCUT2D eigenvalue weighted by Gasteiger charge is 2.37. The monoisotopic (exact) mass is 680 g/mol. The lowest BCUT2D eigenvalue weighted by atomic mass is 9.95. The van der Waals surface area contributed by atoms with Gasteiger partial charge in [0.15, 0.2) is 0 Å². The summed E-state index contributed by atoms with van der Waals surface area (Å²) in [6.07, 6.45) is -16.4. The maximum absolute atomic E-state index is 13.8. The van der Waals surface area contributed by atoms with Crippen LogP contribution in [0.25, 0.3) is 11.1 Å². The molecule has 0 aliphatic carbocycles. The molecule has 0 unspecified atom stereocenters. The summed E-state index contributed by atoms with van der Waals surface area (Å²) in [6.45, 7) is -1.37. The second-order valence-electron chi connectivity index (χ2n) is 10.2. The molecule has 0 aliphatic rings. The highest BCUT2D eigenvalue weighted by molar-refractivity contribution is 6.33. The molecule has 0 radical (unpaired) electrons. The summed E-state index contributed by atoms with van der Waals surface area (Å²) >= 11 is 6.42. The van der Waals surface area contributed by atoms with Gasteiger partial charge in [0.2, 0.25) is 0 Å². The molecule has 0 aliphatic heterocycles. The Labute approximate surface area is 259 Å². The van der Waals surface area contributed by atoms with Crippen molar-refractivity contribution in [1.29, 1.82) is 0 Å². The van der Waals surface area contributed by atoms with Crippen molar-refractivity contribution in [2.75, 3.05) is 11.9 Å². The van der Waals surface area contributed by atoms with E-state index in [2.05, 4.69) is 15.4 Å². The van der Waals surface area contributed by atoms with Gasteiger partial charge in [-0.1, -0.05) is 28.8 Å². The molecule has 3 aromatic carbocycles. The second kappa shape index (κ2) is 12.7. The first-order valence-electron chi connectivity index (χ1n) is 12.9. The third-order valence-electron chi connectivity index (χ3n) is 6.66. The first-order valence-corrected chi connectivity index (χ1v) is 13.3. The Balaban J connectivity index is 1.87. The zero-order chi connectivity index (χ0) is 34.2. The van der Waals surface area contributed by atoms with E-state index in [4.69, 9.17) is 11.6 Å². The smallest absolute Gasteiger partial charge is 0.416 e. The number of carbonyl (C=O) groups is 1. The van der Waals surface area contributed by atoms with E-state index in [-0.39, 0.29) is 40.3 Å². The molecule has 246 valence electrons. The van der Waals surface area contributed by atoms with Gasteiger partial charge in [-0.25, -0.2) is 4.79 Å². The van der Waals surface area contributed by atoms with E-state index in [1.54, 1.807) is 0 Å². The highest BCUT2D eigenvalue weighted by atomic mass is 35.5. The highest BCUT2D eigenvalue weighted by Crippen LogP contribution is 2.39. The lowest BCUT2D eigenvalue weighted by Gasteiger charge is -2.25. The topological polar surface area (TPSA) is 87.4 Å². The second-order valence-corrected chi connectivity index (χ2v) is 10.6. The van der Waals surface area contributed by atoms with Gasteiger partial charge >= 0.3 is 24.6 Å². The fourth-order valence-electron chi connectivity index (χ4n) is 4.52. The van der Waals surface area contributed by atoms with Crippen LogP contribution in [0, 0.1) is 0 Å². The summed E-state index contributed by atoms with van der Waals surface area (Å²) in [4.78, 5) is 14.3. The van der Waals surface area contributed by atoms with Gasteiger partial charge in [0.1, 0.15) is 0 Å². The van der Waals surface area contributed by atoms with Crippen LogP contribution in [-0.2, 0) is 45.2 Å². The summed E-state index contributed by atoms with van der Waals surface area (Å²) < 4.78 is 123. The quantitative estimate of drug-likeness (QED) is 0.191. The number of hydrogen-bond donors (Lipinski definition) is 1. The number of aryl methyl sites for hydroxylation is 1. The number of benzene rings is 3. The number of aromatic nitrogens is 4. The van der Waals surface area contributed by atoms with Gasteiger partial charge in [-0.15, -0.1) is 5.10 Å². The van der Waals surface area contributed by atoms with E-state index >= 15 is 0 Å². The van der Waals surface area contributed by atoms with Crippen LogP contribution in [0.2, 0.25) is 5.02 Å². The third kappa shape index (κ3) is 8.18. The minimum Gasteiger partial charge on any atom is -0.465 e. The molecule has 1 heterocycles. The Morgan fingerprint density at radius 1 is 0.783 bits per heavy atom. The van der Waals surface area contributed by atoms with Crippen molar-refractivity contribution in [3.8, 4) is 11.1 Å². The maximum Gasteiger partial charge on any atom is 0.416 e. The molecule has 0 fully saturated rings. The maximum atomic E-state index is 13.8. The van der Waals surface area contributed by atoms with E-state index in [1.807, 2.05) is 0 Å². The normalized spacial score (nSPS) is 12.3. The predicted octanol–water partition coefficient (Wildman–Crippen LogP) is 7.90. The minimum absolute atomic E-state index is 0.0455. The zero-order valence-corrected chi connectivity index (χ0v) is 24.4. The summed E-state index contributed by atoms with van der Waals surface area (Å²) in [7, 11) is 2.62. The largest absolute Gasteiger partial charge is 0.465 e. The standard InChI is InChI=1S/C28H22ClF9N6O2/c1-42(25(45)46)12-15-3-6-23(29)22(9-15)21-5-4-18(26(30,31)32)10-17(21)14-44(24-39-41-43(2)40-24)13-16-7-19(27(33,34)35)11-20(8-16)28(36,37)38/h3-11H,12-14H2,1-2H3,(H,45,46).